The van der Waals surface area contributed by atoms with Crippen LogP contribution in [0.4, 0.5) is 0 Å². The lowest BCUT2D eigenvalue weighted by Crippen LogP contribution is -2.28. The maximum absolute atomic E-state index is 3.90. The van der Waals surface area contributed by atoms with Crippen LogP contribution in [0.15, 0.2) is 12.7 Å². The Balaban J connectivity index is 1.29. The third-order valence-corrected chi connectivity index (χ3v) is 9.85. The average molecular weight is 415 g/mol. The fourth-order valence-corrected chi connectivity index (χ4v) is 7.64. The first-order valence-corrected chi connectivity index (χ1v) is 14.3. The molecule has 3 aliphatic carbocycles. The van der Waals surface area contributed by atoms with Gasteiger partial charge in [0.05, 0.1) is 0 Å². The van der Waals surface area contributed by atoms with Crippen LogP contribution in [0.25, 0.3) is 0 Å². The highest BCUT2D eigenvalue weighted by atomic mass is 14.4. The molecular weight excluding hydrogens is 360 g/mol. The van der Waals surface area contributed by atoms with Crippen molar-refractivity contribution < 1.29 is 0 Å². The molecule has 0 radical (unpaired) electrons. The number of allylic oxidation sites excluding steroid dienone is 1. The van der Waals surface area contributed by atoms with Crippen LogP contribution in [0.5, 0.6) is 0 Å². The molecule has 1 atom stereocenters. The van der Waals surface area contributed by atoms with Crippen molar-refractivity contribution in [3.05, 3.63) is 12.7 Å². The van der Waals surface area contributed by atoms with Crippen molar-refractivity contribution in [3.8, 4) is 0 Å². The van der Waals surface area contributed by atoms with E-state index in [0.29, 0.717) is 0 Å². The van der Waals surface area contributed by atoms with Gasteiger partial charge in [0, 0.05) is 0 Å². The van der Waals surface area contributed by atoms with Gasteiger partial charge < -0.3 is 0 Å². The number of hydrogen-bond donors (Lipinski definition) is 0. The quantitative estimate of drug-likeness (QED) is 0.233. The van der Waals surface area contributed by atoms with E-state index < -0.39 is 0 Å². The molecule has 0 aliphatic heterocycles. The van der Waals surface area contributed by atoms with Gasteiger partial charge >= 0.3 is 0 Å². The zero-order chi connectivity index (χ0) is 21.2. The predicted octanol–water partition coefficient (Wildman–Crippen LogP) is 9.98. The van der Waals surface area contributed by atoms with E-state index in [1.807, 2.05) is 0 Å². The highest BCUT2D eigenvalue weighted by Crippen LogP contribution is 2.45. The van der Waals surface area contributed by atoms with Gasteiger partial charge in [-0.3, -0.25) is 0 Å². The summed E-state index contributed by atoms with van der Waals surface area (Å²) in [5.74, 6) is 7.34. The van der Waals surface area contributed by atoms with Crippen LogP contribution < -0.4 is 0 Å². The predicted molar refractivity (Wildman–Crippen MR) is 134 cm³/mol. The van der Waals surface area contributed by atoms with E-state index in [-0.39, 0.29) is 0 Å². The Morgan fingerprint density at radius 2 is 1.23 bits per heavy atom. The van der Waals surface area contributed by atoms with E-state index >= 15 is 0 Å². The van der Waals surface area contributed by atoms with Crippen LogP contribution in [-0.4, -0.2) is 0 Å². The smallest absolute Gasteiger partial charge is 0.0351 e. The topological polar surface area (TPSA) is 0 Å². The summed E-state index contributed by atoms with van der Waals surface area (Å²) in [5.41, 5.74) is 0. The molecule has 0 bridgehead atoms. The first-order valence-electron chi connectivity index (χ1n) is 14.3. The molecule has 0 aromatic carbocycles. The summed E-state index contributed by atoms with van der Waals surface area (Å²) in [6, 6.07) is 0. The van der Waals surface area contributed by atoms with E-state index in [1.54, 1.807) is 51.4 Å². The largest absolute Gasteiger partial charge is 0.103 e. The maximum atomic E-state index is 3.90. The minimum absolute atomic E-state index is 0.981. The number of unbranched alkanes of at least 4 members (excludes halogenated alkanes) is 2. The highest BCUT2D eigenvalue weighted by molar-refractivity contribution is 4.85. The highest BCUT2D eigenvalue weighted by Gasteiger charge is 2.33. The number of rotatable bonds is 11. The molecule has 3 rings (SSSR count). The van der Waals surface area contributed by atoms with Gasteiger partial charge in [0.1, 0.15) is 0 Å². The van der Waals surface area contributed by atoms with E-state index in [2.05, 4.69) is 26.5 Å². The van der Waals surface area contributed by atoms with E-state index in [0.717, 1.165) is 41.4 Å². The maximum Gasteiger partial charge on any atom is -0.0351 e. The molecule has 0 aromatic rings. The molecular formula is C30H54. The zero-order valence-electron chi connectivity index (χ0n) is 20.8. The lowest BCUT2D eigenvalue weighted by molar-refractivity contribution is 0.114. The van der Waals surface area contributed by atoms with Gasteiger partial charge in [-0.05, 0) is 99.2 Å². The lowest BCUT2D eigenvalue weighted by Gasteiger charge is -2.40. The SMILES string of the molecule is C=CCCC1CCC(C[C@@H](C)C2CCC(C3CCC(CCCCC)CC3)CC2)CC1. The Kier molecular flexibility index (Phi) is 10.8. The molecule has 30 heavy (non-hydrogen) atoms. The van der Waals surface area contributed by atoms with E-state index in [4.69, 9.17) is 0 Å². The summed E-state index contributed by atoms with van der Waals surface area (Å²) >= 11 is 0. The Bertz CT molecular complexity index is 441. The monoisotopic (exact) mass is 414 g/mol. The summed E-state index contributed by atoms with van der Waals surface area (Å²) in [4.78, 5) is 0. The van der Waals surface area contributed by atoms with E-state index in [1.165, 1.54) is 70.6 Å². The van der Waals surface area contributed by atoms with Gasteiger partial charge in [0.2, 0.25) is 0 Å². The fraction of sp³-hybridized carbons (Fsp3) is 0.933. The van der Waals surface area contributed by atoms with Crippen molar-refractivity contribution in [3.63, 3.8) is 0 Å². The molecule has 3 saturated carbocycles. The Morgan fingerprint density at radius 3 is 1.83 bits per heavy atom. The molecule has 0 saturated heterocycles. The van der Waals surface area contributed by atoms with Gasteiger partial charge in [0.25, 0.3) is 0 Å². The molecule has 174 valence electrons. The van der Waals surface area contributed by atoms with E-state index in [9.17, 15) is 0 Å². The van der Waals surface area contributed by atoms with Crippen LogP contribution in [0.3, 0.4) is 0 Å². The first kappa shape index (κ1) is 24.4. The average Bonchev–Trinajstić information content (AvgIpc) is 2.79. The van der Waals surface area contributed by atoms with Gasteiger partial charge in [-0.25, -0.2) is 0 Å². The third-order valence-electron chi connectivity index (χ3n) is 9.85. The first-order chi connectivity index (χ1) is 14.7. The van der Waals surface area contributed by atoms with Crippen LogP contribution in [-0.2, 0) is 0 Å². The van der Waals surface area contributed by atoms with Crippen molar-refractivity contribution in [2.24, 2.45) is 41.4 Å². The summed E-state index contributed by atoms with van der Waals surface area (Å²) in [7, 11) is 0. The molecule has 0 N–H and O–H groups in total. The van der Waals surface area contributed by atoms with Gasteiger partial charge in [0.15, 0.2) is 0 Å². The van der Waals surface area contributed by atoms with Crippen molar-refractivity contribution >= 4 is 0 Å². The molecule has 0 nitrogen and oxygen atoms in total. The van der Waals surface area contributed by atoms with Gasteiger partial charge in [-0.1, -0.05) is 84.1 Å². The Labute approximate surface area is 190 Å². The fourth-order valence-electron chi connectivity index (χ4n) is 7.64. The minimum Gasteiger partial charge on any atom is -0.103 e. The van der Waals surface area contributed by atoms with Gasteiger partial charge in [-0.15, -0.1) is 6.58 Å². The second-order valence-electron chi connectivity index (χ2n) is 11.9. The van der Waals surface area contributed by atoms with Crippen LogP contribution in [0.2, 0.25) is 0 Å². The molecule has 0 unspecified atom stereocenters. The zero-order valence-corrected chi connectivity index (χ0v) is 20.8. The van der Waals surface area contributed by atoms with Crippen LogP contribution in [0, 0.1) is 41.4 Å². The summed E-state index contributed by atoms with van der Waals surface area (Å²) in [5, 5.41) is 0. The molecule has 0 spiro atoms. The number of hydrogen-bond acceptors (Lipinski definition) is 0. The molecule has 3 fully saturated rings. The van der Waals surface area contributed by atoms with Gasteiger partial charge in [-0.2, -0.15) is 0 Å². The molecule has 0 heterocycles. The van der Waals surface area contributed by atoms with Crippen LogP contribution in [0.1, 0.15) is 136 Å². The molecule has 0 aromatic heterocycles. The normalized spacial score (nSPS) is 36.3. The summed E-state index contributed by atoms with van der Waals surface area (Å²) < 4.78 is 0. The van der Waals surface area contributed by atoms with Crippen LogP contribution >= 0.6 is 0 Å². The Morgan fingerprint density at radius 1 is 0.700 bits per heavy atom. The third kappa shape index (κ3) is 7.70. The molecule has 3 aliphatic rings. The molecule has 0 heteroatoms. The summed E-state index contributed by atoms with van der Waals surface area (Å²) in [6.07, 6.45) is 30.6. The summed E-state index contributed by atoms with van der Waals surface area (Å²) in [6.45, 7) is 8.85. The van der Waals surface area contributed by atoms with Crippen molar-refractivity contribution in [1.29, 1.82) is 0 Å². The lowest BCUT2D eigenvalue weighted by atomic mass is 9.66. The van der Waals surface area contributed by atoms with Crippen molar-refractivity contribution in [1.82, 2.24) is 0 Å². The van der Waals surface area contributed by atoms with Crippen molar-refractivity contribution in [2.45, 2.75) is 136 Å². The minimum atomic E-state index is 0.981. The van der Waals surface area contributed by atoms with Crippen molar-refractivity contribution in [2.75, 3.05) is 0 Å². The molecule has 0 amide bonds. The standard InChI is InChI=1S/C30H54/c1-4-6-8-10-26-15-17-29(18-16-26)30-21-19-28(20-22-30)24(3)23-27-13-11-25(12-14-27)9-7-5-2/h5,24-30H,2,4,6-23H2,1,3H3/t24-,25?,26?,27?,28?,29?,30?/m1/s1. The second-order valence-corrected chi connectivity index (χ2v) is 11.9. The second kappa shape index (κ2) is 13.3. The Hall–Kier alpha value is -0.260.